The zero-order chi connectivity index (χ0) is 29.8. The average molecular weight is 580 g/mol. The first-order chi connectivity index (χ1) is 18.5. The molecule has 0 spiro atoms. The molecule has 1 aromatic heterocycles. The third kappa shape index (κ3) is 10.2. The number of carbonyl (C=O) groups is 1. The van der Waals surface area contributed by atoms with Crippen LogP contribution in [0, 0.1) is 22.7 Å². The van der Waals surface area contributed by atoms with Crippen molar-refractivity contribution in [2.24, 2.45) is 22.7 Å². The summed E-state index contributed by atoms with van der Waals surface area (Å²) < 4.78 is 0. The first-order valence-electron chi connectivity index (χ1n) is 15.0. The Bertz CT molecular complexity index is 1190. The molecule has 1 aromatic rings. The largest absolute Gasteiger partial charge is 0.506 e. The molecule has 0 unspecified atom stereocenters. The Labute approximate surface area is 252 Å². The van der Waals surface area contributed by atoms with Gasteiger partial charge in [-0.25, -0.2) is 0 Å². The summed E-state index contributed by atoms with van der Waals surface area (Å²) in [7, 11) is 0. The van der Waals surface area contributed by atoms with Crippen molar-refractivity contribution in [2.45, 2.75) is 108 Å². The molecule has 1 aliphatic heterocycles. The topological polar surface area (TPSA) is 37.3 Å². The van der Waals surface area contributed by atoms with E-state index in [1.165, 1.54) is 19.6 Å². The van der Waals surface area contributed by atoms with Gasteiger partial charge in [-0.3, -0.25) is 4.79 Å². The summed E-state index contributed by atoms with van der Waals surface area (Å²) in [6.07, 6.45) is 14.5. The fourth-order valence-electron chi connectivity index (χ4n) is 4.74. The van der Waals surface area contributed by atoms with Gasteiger partial charge in [0.05, 0.1) is 11.1 Å². The fourth-order valence-corrected chi connectivity index (χ4v) is 7.44. The molecule has 0 saturated carbocycles. The van der Waals surface area contributed by atoms with Crippen molar-refractivity contribution in [3.05, 3.63) is 78.0 Å². The minimum atomic E-state index is -0.0687. The molecule has 2 nitrogen and oxygen atoms in total. The second-order valence-corrected chi connectivity index (χ2v) is 17.3. The third-order valence-corrected chi connectivity index (χ3v) is 9.18. The van der Waals surface area contributed by atoms with Gasteiger partial charge in [0.25, 0.3) is 0 Å². The number of carbonyl (C=O) groups excluding carboxylic acids is 1. The van der Waals surface area contributed by atoms with Crippen LogP contribution in [0.15, 0.2) is 62.6 Å². The molecular weight excluding hydrogens is 529 g/mol. The molecule has 0 radical (unpaired) electrons. The number of aliphatic hydroxyl groups is 1. The quantitative estimate of drug-likeness (QED) is 0.221. The van der Waals surface area contributed by atoms with E-state index in [0.29, 0.717) is 23.0 Å². The van der Waals surface area contributed by atoms with E-state index in [1.54, 1.807) is 0 Å². The lowest BCUT2D eigenvalue weighted by Crippen LogP contribution is -2.21. The minimum Gasteiger partial charge on any atom is -0.506 e. The van der Waals surface area contributed by atoms with Gasteiger partial charge in [-0.05, 0) is 93.6 Å². The van der Waals surface area contributed by atoms with E-state index in [9.17, 15) is 9.90 Å². The number of hydrogen-bond donors (Lipinski definition) is 1. The summed E-state index contributed by atoms with van der Waals surface area (Å²) in [5.74, 6) is 1.19. The molecule has 40 heavy (non-hydrogen) atoms. The van der Waals surface area contributed by atoms with E-state index < -0.39 is 0 Å². The molecule has 3 rings (SSSR count). The Morgan fingerprint density at radius 1 is 0.825 bits per heavy atom. The monoisotopic (exact) mass is 579 g/mol. The van der Waals surface area contributed by atoms with Gasteiger partial charge in [0, 0.05) is 25.0 Å². The van der Waals surface area contributed by atoms with E-state index in [0.717, 1.165) is 49.7 Å². The highest BCUT2D eigenvalue weighted by molar-refractivity contribution is 8.06. The van der Waals surface area contributed by atoms with Gasteiger partial charge < -0.3 is 5.11 Å². The van der Waals surface area contributed by atoms with E-state index in [2.05, 4.69) is 93.5 Å². The van der Waals surface area contributed by atoms with Gasteiger partial charge >= 0.3 is 0 Å². The van der Waals surface area contributed by atoms with Gasteiger partial charge in [0.15, 0.2) is 0 Å². The van der Waals surface area contributed by atoms with Crippen LogP contribution in [0.2, 0.25) is 0 Å². The Kier molecular flexibility index (Phi) is 10.9. The van der Waals surface area contributed by atoms with Gasteiger partial charge in [-0.1, -0.05) is 81.0 Å². The smallest absolute Gasteiger partial charge is 0.218 e. The SMILES string of the molecule is CC(C)CC1=CC(=CC2=C(O)C(=Cc3cc(CCC(C)(C)C)[s+]c(CCC(C)(C)C)c3)C2=O)C=C(CC(C)C)S1. The van der Waals surface area contributed by atoms with Crippen LogP contribution in [-0.2, 0) is 17.6 Å². The Morgan fingerprint density at radius 2 is 1.30 bits per heavy atom. The number of allylic oxidation sites excluding steroid dienone is 8. The highest BCUT2D eigenvalue weighted by Crippen LogP contribution is 2.41. The zero-order valence-corrected chi connectivity index (χ0v) is 28.2. The maximum atomic E-state index is 13.3. The van der Waals surface area contributed by atoms with E-state index in [1.807, 2.05) is 35.3 Å². The van der Waals surface area contributed by atoms with Crippen LogP contribution in [0.5, 0.6) is 0 Å². The van der Waals surface area contributed by atoms with E-state index in [-0.39, 0.29) is 22.4 Å². The zero-order valence-electron chi connectivity index (χ0n) is 26.5. The molecule has 218 valence electrons. The van der Waals surface area contributed by atoms with Gasteiger partial charge in [-0.2, -0.15) is 0 Å². The summed E-state index contributed by atoms with van der Waals surface area (Å²) in [4.78, 5) is 18.6. The predicted molar refractivity (Wildman–Crippen MR) is 178 cm³/mol. The first-order valence-corrected chi connectivity index (χ1v) is 16.6. The Balaban J connectivity index is 1.93. The number of aliphatic hydroxyl groups excluding tert-OH is 1. The van der Waals surface area contributed by atoms with Crippen LogP contribution in [0.1, 0.15) is 110 Å². The number of hydrogen-bond acceptors (Lipinski definition) is 3. The van der Waals surface area contributed by atoms with Crippen molar-refractivity contribution in [2.75, 3.05) is 0 Å². The van der Waals surface area contributed by atoms with Crippen LogP contribution in [0.3, 0.4) is 0 Å². The second kappa shape index (κ2) is 13.4. The van der Waals surface area contributed by atoms with Gasteiger partial charge in [0.1, 0.15) is 5.76 Å². The lowest BCUT2D eigenvalue weighted by molar-refractivity contribution is -0.113. The summed E-state index contributed by atoms with van der Waals surface area (Å²) in [6.45, 7) is 22.6. The molecule has 0 fully saturated rings. The maximum Gasteiger partial charge on any atom is 0.218 e. The van der Waals surface area contributed by atoms with Crippen LogP contribution in [0.4, 0.5) is 0 Å². The normalized spacial score (nSPS) is 17.6. The number of Topliss-reactive ketones (excluding diaryl/α,β-unsaturated/α-hetero) is 1. The van der Waals surface area contributed by atoms with Gasteiger partial charge in [0.2, 0.25) is 26.9 Å². The molecule has 0 amide bonds. The molecule has 0 bridgehead atoms. The molecular formula is C36H51O2S2+. The van der Waals surface area contributed by atoms with Crippen molar-refractivity contribution < 1.29 is 9.90 Å². The minimum absolute atomic E-state index is 0.0687. The van der Waals surface area contributed by atoms with Crippen LogP contribution < -0.4 is 0 Å². The molecule has 4 heteroatoms. The Morgan fingerprint density at radius 3 is 1.70 bits per heavy atom. The summed E-state index contributed by atoms with van der Waals surface area (Å²) in [5, 5.41) is 11.0. The van der Waals surface area contributed by atoms with Crippen LogP contribution in [0.25, 0.3) is 6.08 Å². The average Bonchev–Trinajstić information content (AvgIpc) is 2.81. The van der Waals surface area contributed by atoms with Crippen LogP contribution >= 0.6 is 23.1 Å². The molecule has 1 N–H and O–H groups in total. The Hall–Kier alpha value is -1.91. The van der Waals surface area contributed by atoms with Crippen molar-refractivity contribution >= 4 is 35.0 Å². The van der Waals surface area contributed by atoms with Crippen molar-refractivity contribution in [1.29, 1.82) is 0 Å². The summed E-state index contributed by atoms with van der Waals surface area (Å²) >= 11 is 3.76. The number of rotatable bonds is 10. The standard InChI is InChI=1S/C36H50O2S2/c1-23(2)15-29-19-26(20-30(40-29)16-24(3)4)22-32-33(37)31(34(32)38)21-25-17-27(11-13-35(5,6)7)39-28(18-25)12-14-36(8,9)10/h17-24H,11-16H2,1-10H3/p+1. The van der Waals surface area contributed by atoms with Crippen molar-refractivity contribution in [3.63, 3.8) is 0 Å². The first kappa shape index (κ1) is 32.6. The molecule has 1 aliphatic carbocycles. The van der Waals surface area contributed by atoms with E-state index in [4.69, 9.17) is 0 Å². The van der Waals surface area contributed by atoms with Crippen molar-refractivity contribution in [1.82, 2.24) is 0 Å². The number of ketones is 1. The molecule has 2 heterocycles. The molecule has 0 aromatic carbocycles. The highest BCUT2D eigenvalue weighted by atomic mass is 32.2. The third-order valence-electron chi connectivity index (χ3n) is 6.92. The van der Waals surface area contributed by atoms with E-state index >= 15 is 0 Å². The maximum absolute atomic E-state index is 13.3. The summed E-state index contributed by atoms with van der Waals surface area (Å²) in [5.41, 5.74) is 3.41. The highest BCUT2D eigenvalue weighted by Gasteiger charge is 2.33. The van der Waals surface area contributed by atoms with Crippen molar-refractivity contribution in [3.8, 4) is 0 Å². The molecule has 0 saturated heterocycles. The number of aryl methyl sites for hydroxylation is 2. The summed E-state index contributed by atoms with van der Waals surface area (Å²) in [6, 6.07) is 4.42. The lowest BCUT2D eigenvalue weighted by atomic mass is 9.85. The van der Waals surface area contributed by atoms with Crippen LogP contribution in [-0.4, -0.2) is 10.9 Å². The molecule has 0 atom stereocenters. The predicted octanol–water partition coefficient (Wildman–Crippen LogP) is 11.3. The lowest BCUT2D eigenvalue weighted by Gasteiger charge is -2.22. The fraction of sp³-hybridized carbons (Fsp3) is 0.556. The number of thioether (sulfide) groups is 1. The second-order valence-electron chi connectivity index (χ2n) is 14.8. The van der Waals surface area contributed by atoms with Gasteiger partial charge in [-0.15, -0.1) is 0 Å². The molecule has 2 aliphatic rings.